The lowest BCUT2D eigenvalue weighted by Gasteiger charge is -2.34. The molecule has 30 heavy (non-hydrogen) atoms. The van der Waals surface area contributed by atoms with E-state index in [-0.39, 0.29) is 5.91 Å². The van der Waals surface area contributed by atoms with E-state index < -0.39 is 0 Å². The molecular formula is C25H31N3O2. The van der Waals surface area contributed by atoms with Crippen molar-refractivity contribution in [3.8, 4) is 0 Å². The fourth-order valence-corrected chi connectivity index (χ4v) is 4.20. The first-order valence-corrected chi connectivity index (χ1v) is 10.9. The summed E-state index contributed by atoms with van der Waals surface area (Å²) in [6.45, 7) is 11.0. The fraction of sp³-hybridized carbons (Fsp3) is 0.400. The van der Waals surface area contributed by atoms with Crippen molar-refractivity contribution in [2.75, 3.05) is 39.3 Å². The number of nitrogens with zero attached hydrogens (tertiary/aromatic N) is 2. The monoisotopic (exact) mass is 405 g/mol. The predicted octanol–water partition coefficient (Wildman–Crippen LogP) is 3.99. The van der Waals surface area contributed by atoms with Crippen molar-refractivity contribution in [1.82, 2.24) is 15.1 Å². The number of rotatable bonds is 7. The third-order valence-corrected chi connectivity index (χ3v) is 6.02. The van der Waals surface area contributed by atoms with Gasteiger partial charge in [-0.25, -0.2) is 0 Å². The van der Waals surface area contributed by atoms with Crippen molar-refractivity contribution in [3.63, 3.8) is 0 Å². The summed E-state index contributed by atoms with van der Waals surface area (Å²) in [7, 11) is 0. The van der Waals surface area contributed by atoms with Gasteiger partial charge in [0.05, 0.1) is 0 Å². The number of para-hydroxylation sites is 1. The van der Waals surface area contributed by atoms with Crippen LogP contribution in [0, 0.1) is 13.8 Å². The van der Waals surface area contributed by atoms with Gasteiger partial charge in [-0.2, -0.15) is 0 Å². The van der Waals surface area contributed by atoms with E-state index in [2.05, 4.69) is 45.4 Å². The van der Waals surface area contributed by atoms with Gasteiger partial charge in [-0.05, 0) is 37.9 Å². The number of fused-ring (bicyclic) bond motifs is 1. The molecule has 0 bridgehead atoms. The van der Waals surface area contributed by atoms with Crippen LogP contribution in [0.15, 0.2) is 52.9 Å². The molecule has 2 heterocycles. The molecule has 5 heteroatoms. The van der Waals surface area contributed by atoms with Crippen LogP contribution < -0.4 is 5.32 Å². The van der Waals surface area contributed by atoms with Gasteiger partial charge in [0.15, 0.2) is 5.76 Å². The number of amides is 1. The maximum atomic E-state index is 12.6. The number of carbonyl (C=O) groups is 1. The standard InChI is InChI=1S/C25H31N3O2/c1-19-8-6-11-22-20(2)24(30-23(19)22)25(29)26-12-7-13-27-14-16-28(17-15-27)18-21-9-4-3-5-10-21/h3-6,8-11H,7,12-18H2,1-2H3,(H,26,29). The fourth-order valence-electron chi connectivity index (χ4n) is 4.20. The Hall–Kier alpha value is -2.63. The van der Waals surface area contributed by atoms with Crippen molar-refractivity contribution in [2.45, 2.75) is 26.8 Å². The SMILES string of the molecule is Cc1c(C(=O)NCCCN2CCN(Cc3ccccc3)CC2)oc2c(C)cccc12. The molecule has 0 saturated carbocycles. The summed E-state index contributed by atoms with van der Waals surface area (Å²) in [6.07, 6.45) is 0.947. The van der Waals surface area contributed by atoms with Crippen LogP contribution in [0.25, 0.3) is 11.0 Å². The highest BCUT2D eigenvalue weighted by Crippen LogP contribution is 2.27. The van der Waals surface area contributed by atoms with Crippen molar-refractivity contribution in [1.29, 1.82) is 0 Å². The molecule has 1 fully saturated rings. The van der Waals surface area contributed by atoms with E-state index in [1.807, 2.05) is 32.0 Å². The van der Waals surface area contributed by atoms with E-state index in [0.717, 1.165) is 67.8 Å². The summed E-state index contributed by atoms with van der Waals surface area (Å²) in [5, 5.41) is 4.05. The Bertz CT molecular complexity index is 988. The number of benzene rings is 2. The molecule has 1 aromatic heterocycles. The normalized spacial score (nSPS) is 15.5. The van der Waals surface area contributed by atoms with E-state index in [9.17, 15) is 4.79 Å². The van der Waals surface area contributed by atoms with Gasteiger partial charge in [-0.15, -0.1) is 0 Å². The first-order valence-electron chi connectivity index (χ1n) is 10.9. The van der Waals surface area contributed by atoms with Crippen LogP contribution in [0.1, 0.15) is 33.7 Å². The summed E-state index contributed by atoms with van der Waals surface area (Å²) in [5.41, 5.74) is 4.17. The topological polar surface area (TPSA) is 48.7 Å². The first-order chi connectivity index (χ1) is 14.6. The van der Waals surface area contributed by atoms with Crippen molar-refractivity contribution >= 4 is 16.9 Å². The lowest BCUT2D eigenvalue weighted by molar-refractivity contribution is 0.0921. The molecule has 5 nitrogen and oxygen atoms in total. The minimum atomic E-state index is -0.115. The molecule has 158 valence electrons. The molecule has 4 rings (SSSR count). The highest BCUT2D eigenvalue weighted by molar-refractivity contribution is 5.99. The molecule has 1 aliphatic heterocycles. The van der Waals surface area contributed by atoms with Crippen molar-refractivity contribution in [2.24, 2.45) is 0 Å². The van der Waals surface area contributed by atoms with Crippen LogP contribution in [0.4, 0.5) is 0 Å². The lowest BCUT2D eigenvalue weighted by atomic mass is 10.1. The Morgan fingerprint density at radius 2 is 1.70 bits per heavy atom. The molecule has 0 spiro atoms. The summed E-state index contributed by atoms with van der Waals surface area (Å²) in [6, 6.07) is 16.7. The molecule has 1 aliphatic rings. The van der Waals surface area contributed by atoms with Gasteiger partial charge in [0.1, 0.15) is 5.58 Å². The second-order valence-corrected chi connectivity index (χ2v) is 8.22. The maximum Gasteiger partial charge on any atom is 0.287 e. The van der Waals surface area contributed by atoms with Crippen LogP contribution in [-0.4, -0.2) is 55.0 Å². The summed E-state index contributed by atoms with van der Waals surface area (Å²) in [4.78, 5) is 17.6. The smallest absolute Gasteiger partial charge is 0.287 e. The van der Waals surface area contributed by atoms with Gasteiger partial charge in [0, 0.05) is 50.2 Å². The molecule has 2 aromatic carbocycles. The number of hydrogen-bond acceptors (Lipinski definition) is 4. The Balaban J connectivity index is 1.19. The Kier molecular flexibility index (Phi) is 6.50. The number of nitrogens with one attached hydrogen (secondary N) is 1. The third kappa shape index (κ3) is 4.74. The number of piperazine rings is 1. The van der Waals surface area contributed by atoms with E-state index in [4.69, 9.17) is 4.42 Å². The second kappa shape index (κ2) is 9.45. The minimum absolute atomic E-state index is 0.115. The average molecular weight is 406 g/mol. The highest BCUT2D eigenvalue weighted by atomic mass is 16.3. The lowest BCUT2D eigenvalue weighted by Crippen LogP contribution is -2.46. The largest absolute Gasteiger partial charge is 0.450 e. The summed E-state index contributed by atoms with van der Waals surface area (Å²) in [5.74, 6) is 0.324. The number of hydrogen-bond donors (Lipinski definition) is 1. The molecule has 0 unspecified atom stereocenters. The number of carbonyl (C=O) groups excluding carboxylic acids is 1. The van der Waals surface area contributed by atoms with Gasteiger partial charge in [-0.1, -0.05) is 48.5 Å². The van der Waals surface area contributed by atoms with E-state index in [1.165, 1.54) is 5.56 Å². The minimum Gasteiger partial charge on any atom is -0.450 e. The zero-order valence-electron chi connectivity index (χ0n) is 18.0. The zero-order chi connectivity index (χ0) is 20.9. The molecule has 1 N–H and O–H groups in total. The van der Waals surface area contributed by atoms with Gasteiger partial charge < -0.3 is 14.6 Å². The quantitative estimate of drug-likeness (QED) is 0.604. The van der Waals surface area contributed by atoms with Gasteiger partial charge in [0.2, 0.25) is 0 Å². The van der Waals surface area contributed by atoms with Crippen LogP contribution in [0.5, 0.6) is 0 Å². The molecule has 0 atom stereocenters. The van der Waals surface area contributed by atoms with Gasteiger partial charge in [-0.3, -0.25) is 9.69 Å². The van der Waals surface area contributed by atoms with E-state index in [0.29, 0.717) is 12.3 Å². The summed E-state index contributed by atoms with van der Waals surface area (Å²) < 4.78 is 5.87. The number of aryl methyl sites for hydroxylation is 2. The Morgan fingerprint density at radius 1 is 0.967 bits per heavy atom. The maximum absolute atomic E-state index is 12.6. The molecule has 3 aromatic rings. The second-order valence-electron chi connectivity index (χ2n) is 8.22. The first kappa shape index (κ1) is 20.6. The van der Waals surface area contributed by atoms with Crippen LogP contribution in [-0.2, 0) is 6.54 Å². The molecule has 1 amide bonds. The number of furan rings is 1. The molecule has 1 saturated heterocycles. The van der Waals surface area contributed by atoms with E-state index in [1.54, 1.807) is 0 Å². The Labute approximate surface area is 178 Å². The average Bonchev–Trinajstić information content (AvgIpc) is 3.11. The van der Waals surface area contributed by atoms with Crippen molar-refractivity contribution < 1.29 is 9.21 Å². The highest BCUT2D eigenvalue weighted by Gasteiger charge is 2.19. The predicted molar refractivity (Wildman–Crippen MR) is 121 cm³/mol. The van der Waals surface area contributed by atoms with Gasteiger partial charge >= 0.3 is 0 Å². The van der Waals surface area contributed by atoms with Crippen molar-refractivity contribution in [3.05, 3.63) is 71.0 Å². The zero-order valence-corrected chi connectivity index (χ0v) is 18.0. The third-order valence-electron chi connectivity index (χ3n) is 6.02. The molecule has 0 radical (unpaired) electrons. The Morgan fingerprint density at radius 3 is 2.43 bits per heavy atom. The van der Waals surface area contributed by atoms with Crippen LogP contribution >= 0.6 is 0 Å². The summed E-state index contributed by atoms with van der Waals surface area (Å²) >= 11 is 0. The molecular weight excluding hydrogens is 374 g/mol. The molecule has 0 aliphatic carbocycles. The van der Waals surface area contributed by atoms with Crippen LogP contribution in [0.2, 0.25) is 0 Å². The van der Waals surface area contributed by atoms with Gasteiger partial charge in [0.25, 0.3) is 5.91 Å². The van der Waals surface area contributed by atoms with E-state index >= 15 is 0 Å². The van der Waals surface area contributed by atoms with Crippen LogP contribution in [0.3, 0.4) is 0 Å².